The fourth-order valence-electron chi connectivity index (χ4n) is 2.74. The Kier molecular flexibility index (Phi) is 2.63. The Morgan fingerprint density at radius 1 is 1.56 bits per heavy atom. The molecule has 1 aromatic carbocycles. The molecule has 2 unspecified atom stereocenters. The van der Waals surface area contributed by atoms with Gasteiger partial charge in [0.25, 0.3) is 0 Å². The van der Waals surface area contributed by atoms with Gasteiger partial charge >= 0.3 is 6.09 Å². The number of aryl methyl sites for hydroxylation is 1. The molecule has 0 aromatic heterocycles. The van der Waals surface area contributed by atoms with Gasteiger partial charge in [-0.1, -0.05) is 0 Å². The van der Waals surface area contributed by atoms with Crippen LogP contribution in [0.1, 0.15) is 12.0 Å². The van der Waals surface area contributed by atoms with E-state index in [4.69, 9.17) is 9.47 Å². The van der Waals surface area contributed by atoms with Crippen LogP contribution in [0, 0.1) is 0 Å². The van der Waals surface area contributed by atoms with Crippen LogP contribution in [0.5, 0.6) is 5.75 Å². The predicted octanol–water partition coefficient (Wildman–Crippen LogP) is 1.33. The minimum atomic E-state index is -0.409. The number of rotatable bonds is 2. The highest BCUT2D eigenvalue weighted by Crippen LogP contribution is 2.38. The molecule has 1 N–H and O–H groups in total. The van der Waals surface area contributed by atoms with E-state index in [1.165, 1.54) is 0 Å². The number of hydrogen-bond donors (Lipinski definition) is 1. The molecule has 0 radical (unpaired) electrons. The van der Waals surface area contributed by atoms with Gasteiger partial charge in [0.2, 0.25) is 0 Å². The van der Waals surface area contributed by atoms with Crippen LogP contribution in [-0.2, 0) is 11.2 Å². The monoisotopic (exact) mass is 249 g/mol. The van der Waals surface area contributed by atoms with Crippen molar-refractivity contribution < 1.29 is 19.4 Å². The average Bonchev–Trinajstić information content (AvgIpc) is 2.75. The zero-order chi connectivity index (χ0) is 12.7. The van der Waals surface area contributed by atoms with E-state index in [-0.39, 0.29) is 18.7 Å². The number of hydrogen-bond acceptors (Lipinski definition) is 4. The summed E-state index contributed by atoms with van der Waals surface area (Å²) in [5.74, 6) is 0.790. The van der Waals surface area contributed by atoms with E-state index in [0.29, 0.717) is 0 Å². The number of anilines is 1. The molecular weight excluding hydrogens is 234 g/mol. The van der Waals surface area contributed by atoms with E-state index in [9.17, 15) is 9.90 Å². The second-order valence-corrected chi connectivity index (χ2v) is 4.58. The lowest BCUT2D eigenvalue weighted by Crippen LogP contribution is -2.41. The lowest BCUT2D eigenvalue weighted by Gasteiger charge is -2.30. The van der Waals surface area contributed by atoms with Crippen LogP contribution < -0.4 is 9.64 Å². The number of carbonyl (C=O) groups is 1. The molecule has 3 rings (SSSR count). The van der Waals surface area contributed by atoms with Gasteiger partial charge in [-0.05, 0) is 36.6 Å². The van der Waals surface area contributed by atoms with Crippen LogP contribution in [-0.4, -0.2) is 37.1 Å². The van der Waals surface area contributed by atoms with Crippen molar-refractivity contribution in [2.24, 2.45) is 0 Å². The lowest BCUT2D eigenvalue weighted by atomic mass is 9.94. The molecule has 5 heteroatoms. The van der Waals surface area contributed by atoms with E-state index in [2.05, 4.69) is 0 Å². The third-order valence-electron chi connectivity index (χ3n) is 3.65. The number of carbonyl (C=O) groups excluding carboxylic acids is 1. The van der Waals surface area contributed by atoms with E-state index in [0.717, 1.165) is 29.8 Å². The molecule has 2 aliphatic rings. The fourth-order valence-corrected chi connectivity index (χ4v) is 2.74. The third-order valence-corrected chi connectivity index (χ3v) is 3.65. The van der Waals surface area contributed by atoms with Gasteiger partial charge in [0, 0.05) is 0 Å². The molecule has 2 aliphatic heterocycles. The van der Waals surface area contributed by atoms with Gasteiger partial charge in [-0.15, -0.1) is 0 Å². The van der Waals surface area contributed by atoms with E-state index in [1.54, 1.807) is 12.0 Å². The normalized spacial score (nSPS) is 25.4. The SMILES string of the molecule is COc1ccc2c(c1)CCC1C(CO)OC(=O)N21. The number of ether oxygens (including phenoxy) is 2. The molecule has 0 bridgehead atoms. The molecule has 1 amide bonds. The van der Waals surface area contributed by atoms with Crippen LogP contribution in [0.4, 0.5) is 10.5 Å². The number of cyclic esters (lactones) is 1. The standard InChI is InChI=1S/C13H15NO4/c1-17-9-3-5-10-8(6-9)2-4-11-12(7-15)18-13(16)14(10)11/h3,5-6,11-12,15H,2,4,7H2,1H3. The Morgan fingerprint density at radius 3 is 3.11 bits per heavy atom. The molecule has 18 heavy (non-hydrogen) atoms. The molecule has 1 aromatic rings. The molecule has 96 valence electrons. The van der Waals surface area contributed by atoms with Crippen LogP contribution >= 0.6 is 0 Å². The van der Waals surface area contributed by atoms with Crippen LogP contribution in [0.25, 0.3) is 0 Å². The number of methoxy groups -OCH3 is 1. The Hall–Kier alpha value is -1.75. The predicted molar refractivity (Wildman–Crippen MR) is 64.9 cm³/mol. The van der Waals surface area contributed by atoms with Crippen LogP contribution in [0.3, 0.4) is 0 Å². The lowest BCUT2D eigenvalue weighted by molar-refractivity contribution is 0.0817. The van der Waals surface area contributed by atoms with Gasteiger partial charge < -0.3 is 14.6 Å². The minimum Gasteiger partial charge on any atom is -0.497 e. The quantitative estimate of drug-likeness (QED) is 0.859. The fraction of sp³-hybridized carbons (Fsp3) is 0.462. The smallest absolute Gasteiger partial charge is 0.415 e. The zero-order valence-corrected chi connectivity index (χ0v) is 10.1. The topological polar surface area (TPSA) is 59.0 Å². The summed E-state index contributed by atoms with van der Waals surface area (Å²) in [5, 5.41) is 9.23. The number of fused-ring (bicyclic) bond motifs is 3. The largest absolute Gasteiger partial charge is 0.497 e. The summed E-state index contributed by atoms with van der Waals surface area (Å²) in [6, 6.07) is 5.61. The second-order valence-electron chi connectivity index (χ2n) is 4.58. The van der Waals surface area contributed by atoms with Gasteiger partial charge in [-0.3, -0.25) is 4.90 Å². The van der Waals surface area contributed by atoms with Gasteiger partial charge in [0.1, 0.15) is 11.9 Å². The van der Waals surface area contributed by atoms with Gasteiger partial charge in [0.15, 0.2) is 0 Å². The molecular formula is C13H15NO4. The first-order valence-corrected chi connectivity index (χ1v) is 6.02. The number of benzene rings is 1. The highest BCUT2D eigenvalue weighted by molar-refractivity contribution is 5.92. The molecule has 0 spiro atoms. The summed E-state index contributed by atoms with van der Waals surface area (Å²) >= 11 is 0. The van der Waals surface area contributed by atoms with Crippen molar-refractivity contribution in [3.63, 3.8) is 0 Å². The molecule has 0 saturated carbocycles. The maximum absolute atomic E-state index is 11.9. The van der Waals surface area contributed by atoms with Crippen molar-refractivity contribution in [2.45, 2.75) is 25.0 Å². The Balaban J connectivity index is 2.00. The van der Waals surface area contributed by atoms with Crippen molar-refractivity contribution in [3.8, 4) is 5.75 Å². The Bertz CT molecular complexity index is 488. The highest BCUT2D eigenvalue weighted by atomic mass is 16.6. The Labute approximate surface area is 105 Å². The van der Waals surface area contributed by atoms with Gasteiger partial charge in [-0.25, -0.2) is 4.79 Å². The van der Waals surface area contributed by atoms with E-state index in [1.807, 2.05) is 18.2 Å². The molecule has 1 saturated heterocycles. The third kappa shape index (κ3) is 1.54. The summed E-state index contributed by atoms with van der Waals surface area (Å²) in [5.41, 5.74) is 1.95. The van der Waals surface area contributed by atoms with Crippen LogP contribution in [0.15, 0.2) is 18.2 Å². The molecule has 5 nitrogen and oxygen atoms in total. The minimum absolute atomic E-state index is 0.0524. The maximum Gasteiger partial charge on any atom is 0.415 e. The zero-order valence-electron chi connectivity index (χ0n) is 10.1. The number of nitrogens with zero attached hydrogens (tertiary/aromatic N) is 1. The maximum atomic E-state index is 11.9. The number of aliphatic hydroxyl groups excluding tert-OH is 1. The molecule has 2 heterocycles. The van der Waals surface area contributed by atoms with Gasteiger partial charge in [-0.2, -0.15) is 0 Å². The summed E-state index contributed by atoms with van der Waals surface area (Å²) in [4.78, 5) is 13.5. The summed E-state index contributed by atoms with van der Waals surface area (Å²) < 4.78 is 10.4. The van der Waals surface area contributed by atoms with Crippen molar-refractivity contribution in [3.05, 3.63) is 23.8 Å². The second kappa shape index (κ2) is 4.17. The molecule has 0 aliphatic carbocycles. The highest BCUT2D eigenvalue weighted by Gasteiger charge is 2.44. The van der Waals surface area contributed by atoms with Crippen molar-refractivity contribution in [2.75, 3.05) is 18.6 Å². The average molecular weight is 249 g/mol. The van der Waals surface area contributed by atoms with Gasteiger partial charge in [0.05, 0.1) is 25.4 Å². The van der Waals surface area contributed by atoms with Crippen molar-refractivity contribution >= 4 is 11.8 Å². The summed E-state index contributed by atoms with van der Waals surface area (Å²) in [6.45, 7) is -0.127. The first-order valence-electron chi connectivity index (χ1n) is 6.02. The summed E-state index contributed by atoms with van der Waals surface area (Å²) in [6.07, 6.45) is 0.885. The molecule has 1 fully saturated rings. The van der Waals surface area contributed by atoms with E-state index < -0.39 is 6.10 Å². The Morgan fingerprint density at radius 2 is 2.39 bits per heavy atom. The van der Waals surface area contributed by atoms with Crippen molar-refractivity contribution in [1.29, 1.82) is 0 Å². The molecule has 2 atom stereocenters. The number of amides is 1. The first-order chi connectivity index (χ1) is 8.74. The van der Waals surface area contributed by atoms with Crippen LogP contribution in [0.2, 0.25) is 0 Å². The van der Waals surface area contributed by atoms with E-state index >= 15 is 0 Å². The van der Waals surface area contributed by atoms with Crippen molar-refractivity contribution in [1.82, 2.24) is 0 Å². The number of aliphatic hydroxyl groups is 1. The summed E-state index contributed by atoms with van der Waals surface area (Å²) in [7, 11) is 1.62. The first kappa shape index (κ1) is 11.3.